The Morgan fingerprint density at radius 3 is 2.50 bits per heavy atom. The third kappa shape index (κ3) is 2.87. The first-order chi connectivity index (χ1) is 4.80. The molecule has 0 fully saturated rings. The minimum Gasteiger partial charge on any atom is -0.390 e. The first-order valence-electron chi connectivity index (χ1n) is 1.83. The average Bonchev–Trinajstić information content (AvgIpc) is 2.42. The minimum atomic E-state index is -0.708. The van der Waals surface area contributed by atoms with Crippen molar-refractivity contribution in [3.8, 4) is 0 Å². The van der Waals surface area contributed by atoms with Crippen molar-refractivity contribution in [3.05, 3.63) is 10.1 Å². The van der Waals surface area contributed by atoms with Gasteiger partial charge in [0.2, 0.25) is 0 Å². The van der Waals surface area contributed by atoms with Crippen LogP contribution in [0.15, 0.2) is 0 Å². The van der Waals surface area contributed by atoms with E-state index in [2.05, 4.69) is 24.4 Å². The average molecular weight is 277 g/mol. The maximum absolute atomic E-state index is 9.69. The molecule has 10 heavy (non-hydrogen) atoms. The Balaban J connectivity index is 0.000000371. The zero-order chi connectivity index (χ0) is 7.98. The molecule has 0 bridgehead atoms. The number of H-pyrrole nitrogens is 1. The van der Waals surface area contributed by atoms with Gasteiger partial charge in [0.25, 0.3) is 0 Å². The Morgan fingerprint density at radius 1 is 1.70 bits per heavy atom. The molecule has 1 aromatic heterocycles. The fourth-order valence-corrected chi connectivity index (χ4v) is 0.232. The zero-order valence-corrected chi connectivity index (χ0v) is 7.27. The molecule has 0 unspecified atom stereocenters. The molecule has 0 aliphatic heterocycles. The van der Waals surface area contributed by atoms with E-state index in [0.717, 1.165) is 0 Å². The molecule has 0 aliphatic carbocycles. The quantitative estimate of drug-likeness (QED) is 0.462. The summed E-state index contributed by atoms with van der Waals surface area (Å²) in [7, 11) is 4.61. The van der Waals surface area contributed by atoms with Crippen molar-refractivity contribution >= 4 is 36.3 Å². The van der Waals surface area contributed by atoms with Crippen LogP contribution in [-0.4, -0.2) is 25.5 Å². The number of aromatic amines is 1. The maximum atomic E-state index is 9.69. The van der Waals surface area contributed by atoms with Gasteiger partial charge in [0.15, 0.2) is 0 Å². The van der Waals surface area contributed by atoms with Gasteiger partial charge in [0.1, 0.15) is 0 Å². The van der Waals surface area contributed by atoms with Crippen LogP contribution >= 0.6 is 30.4 Å². The largest absolute Gasteiger partial charge is 0.477 e. The normalized spacial score (nSPS) is 7.80. The summed E-state index contributed by atoms with van der Waals surface area (Å²) in [5.74, 6) is -0.440. The lowest BCUT2D eigenvalue weighted by atomic mass is 11.1. The van der Waals surface area contributed by atoms with Crippen molar-refractivity contribution in [1.29, 1.82) is 0 Å². The molecule has 1 heterocycles. The van der Waals surface area contributed by atoms with Crippen molar-refractivity contribution in [2.75, 3.05) is 0 Å². The summed E-state index contributed by atoms with van der Waals surface area (Å²) in [5.41, 5.74) is 0. The van der Waals surface area contributed by atoms with E-state index in [1.807, 2.05) is 5.10 Å². The second kappa shape index (κ2) is 5.29. The van der Waals surface area contributed by atoms with E-state index in [0.29, 0.717) is 0 Å². The van der Waals surface area contributed by atoms with Gasteiger partial charge in [-0.25, -0.2) is 0 Å². The molecule has 0 saturated carbocycles. The van der Waals surface area contributed by atoms with Crippen LogP contribution in [0.25, 0.3) is 0 Å². The summed E-state index contributed by atoms with van der Waals surface area (Å²) < 4.78 is 0. The summed E-state index contributed by atoms with van der Waals surface area (Å²) in [6, 6.07) is 0. The molecular weight excluding hydrogens is 276 g/mol. The molecular formula is CHClIN5O2. The Kier molecular flexibility index (Phi) is 5.02. The molecule has 0 spiro atoms. The topological polar surface area (TPSA) is 97.6 Å². The number of tetrazole rings is 1. The highest BCUT2D eigenvalue weighted by Crippen LogP contribution is 1.91. The van der Waals surface area contributed by atoms with Crippen LogP contribution in [0, 0.1) is 10.1 Å². The van der Waals surface area contributed by atoms with Crippen LogP contribution in [0.3, 0.4) is 0 Å². The highest BCUT2D eigenvalue weighted by Gasteiger charge is 2.05. The first kappa shape index (κ1) is 9.49. The zero-order valence-electron chi connectivity index (χ0n) is 4.36. The molecule has 9 heteroatoms. The smallest absolute Gasteiger partial charge is 0.390 e. The highest BCUT2D eigenvalue weighted by atomic mass is 127. The van der Waals surface area contributed by atoms with Crippen LogP contribution in [0.1, 0.15) is 0 Å². The van der Waals surface area contributed by atoms with Crippen molar-refractivity contribution in [1.82, 2.24) is 20.6 Å². The van der Waals surface area contributed by atoms with Gasteiger partial charge in [-0.2, -0.15) is 0 Å². The SMILES string of the molecule is ClI.O=[N+]([O-])c1nnn[nH]1. The second-order valence-electron chi connectivity index (χ2n) is 0.982. The molecule has 56 valence electrons. The number of hydrogen-bond acceptors (Lipinski definition) is 5. The van der Waals surface area contributed by atoms with Crippen LogP contribution in [0.5, 0.6) is 0 Å². The summed E-state index contributed by atoms with van der Waals surface area (Å²) >= 11 is 1.62. The van der Waals surface area contributed by atoms with E-state index in [1.54, 1.807) is 21.5 Å². The standard InChI is InChI=1S/CHN5O2.ClI/c7-6(8)1-2-4-5-3-1;1-2/h(H,2,3,4,5);. The number of nitrogens with zero attached hydrogens (tertiary/aromatic N) is 4. The molecule has 0 atom stereocenters. The van der Waals surface area contributed by atoms with Gasteiger partial charge in [-0.1, -0.05) is 0 Å². The molecule has 0 aliphatic rings. The predicted molar refractivity (Wildman–Crippen MR) is 40.7 cm³/mol. The van der Waals surface area contributed by atoms with Gasteiger partial charge in [0.05, 0.1) is 10.3 Å². The maximum Gasteiger partial charge on any atom is 0.477 e. The lowest BCUT2D eigenvalue weighted by Gasteiger charge is -1.81. The lowest BCUT2D eigenvalue weighted by Crippen LogP contribution is -1.88. The van der Waals surface area contributed by atoms with E-state index in [-0.39, 0.29) is 0 Å². The number of rotatable bonds is 1. The van der Waals surface area contributed by atoms with Crippen molar-refractivity contribution < 1.29 is 4.92 Å². The van der Waals surface area contributed by atoms with Gasteiger partial charge in [-0.3, -0.25) is 0 Å². The van der Waals surface area contributed by atoms with E-state index < -0.39 is 10.9 Å². The number of hydrogen-bond donors (Lipinski definition) is 1. The van der Waals surface area contributed by atoms with Gasteiger partial charge >= 0.3 is 5.95 Å². The van der Waals surface area contributed by atoms with Crippen LogP contribution in [0.4, 0.5) is 5.95 Å². The molecule has 0 amide bonds. The monoisotopic (exact) mass is 277 g/mol. The fourth-order valence-electron chi connectivity index (χ4n) is 0.232. The Labute approximate surface area is 72.1 Å². The molecule has 1 rings (SSSR count). The summed E-state index contributed by atoms with van der Waals surface area (Å²) in [5, 5.41) is 20.6. The number of nitrogens with one attached hydrogen (secondary N) is 1. The summed E-state index contributed by atoms with van der Waals surface area (Å²) in [6.07, 6.45) is 0. The summed E-state index contributed by atoms with van der Waals surface area (Å²) in [4.78, 5) is 8.99. The Hall–Kier alpha value is -0.510. The van der Waals surface area contributed by atoms with E-state index >= 15 is 0 Å². The van der Waals surface area contributed by atoms with Crippen molar-refractivity contribution in [3.63, 3.8) is 0 Å². The van der Waals surface area contributed by atoms with Gasteiger partial charge < -0.3 is 10.1 Å². The van der Waals surface area contributed by atoms with E-state index in [9.17, 15) is 10.1 Å². The van der Waals surface area contributed by atoms with E-state index in [1.165, 1.54) is 0 Å². The molecule has 7 nitrogen and oxygen atoms in total. The third-order valence-corrected chi connectivity index (χ3v) is 0.507. The number of halogens is 2. The lowest BCUT2D eigenvalue weighted by molar-refractivity contribution is -0.394. The predicted octanol–water partition coefficient (Wildman–Crippen LogP) is 0.683. The van der Waals surface area contributed by atoms with Crippen LogP contribution < -0.4 is 0 Å². The Morgan fingerprint density at radius 2 is 2.30 bits per heavy atom. The molecule has 0 saturated heterocycles. The van der Waals surface area contributed by atoms with Crippen LogP contribution in [-0.2, 0) is 0 Å². The fraction of sp³-hybridized carbons (Fsp3) is 0. The highest BCUT2D eigenvalue weighted by molar-refractivity contribution is 14.1. The molecule has 1 N–H and O–H groups in total. The third-order valence-electron chi connectivity index (χ3n) is 0.507. The summed E-state index contributed by atoms with van der Waals surface area (Å²) in [6.45, 7) is 0. The molecule has 0 radical (unpaired) electrons. The van der Waals surface area contributed by atoms with Crippen molar-refractivity contribution in [2.45, 2.75) is 0 Å². The molecule has 1 aromatic rings. The minimum absolute atomic E-state index is 0.440. The first-order valence-corrected chi connectivity index (χ1v) is 4.56. The number of nitro groups is 1. The van der Waals surface area contributed by atoms with Gasteiger partial charge in [0, 0.05) is 26.7 Å². The second-order valence-corrected chi connectivity index (χ2v) is 0.982. The van der Waals surface area contributed by atoms with Crippen molar-refractivity contribution in [2.24, 2.45) is 0 Å². The van der Waals surface area contributed by atoms with Gasteiger partial charge in [-0.05, 0) is 13.8 Å². The Bertz CT molecular complexity index is 188. The van der Waals surface area contributed by atoms with E-state index in [4.69, 9.17) is 0 Å². The van der Waals surface area contributed by atoms with Gasteiger partial charge in [-0.15, -0.1) is 5.10 Å². The molecule has 0 aromatic carbocycles. The van der Waals surface area contributed by atoms with Crippen LogP contribution in [0.2, 0.25) is 0 Å². The number of aromatic nitrogens is 4.